The summed E-state index contributed by atoms with van der Waals surface area (Å²) in [6.07, 6.45) is 0. The number of hydrogen-bond donors (Lipinski definition) is 2. The molecule has 0 saturated carbocycles. The summed E-state index contributed by atoms with van der Waals surface area (Å²) in [5, 5.41) is 3.70. The molecule has 2 aromatic rings. The maximum Gasteiger partial charge on any atom is 0.244 e. The van der Waals surface area contributed by atoms with Crippen molar-refractivity contribution in [2.24, 2.45) is 0 Å². The number of nitrogens with two attached hydrogens (primary N) is 1. The predicted octanol–water partition coefficient (Wildman–Crippen LogP) is 1.44. The predicted molar refractivity (Wildman–Crippen MR) is 77.3 cm³/mol. The molecule has 1 heterocycles. The SMILES string of the molecule is CCOc1ccc(N)cc1S(=O)(=O)NCc1cc(C)no1. The fourth-order valence-electron chi connectivity index (χ4n) is 1.75. The average molecular weight is 311 g/mol. The third-order valence-electron chi connectivity index (χ3n) is 2.67. The van der Waals surface area contributed by atoms with Gasteiger partial charge < -0.3 is 15.0 Å². The third-order valence-corrected chi connectivity index (χ3v) is 4.09. The lowest BCUT2D eigenvalue weighted by Crippen LogP contribution is -2.23. The maximum atomic E-state index is 12.4. The number of aryl methyl sites for hydroxylation is 1. The third kappa shape index (κ3) is 3.73. The zero-order valence-corrected chi connectivity index (χ0v) is 12.6. The highest BCUT2D eigenvalue weighted by Gasteiger charge is 2.20. The second-order valence-electron chi connectivity index (χ2n) is 4.40. The van der Waals surface area contributed by atoms with Crippen LogP contribution < -0.4 is 15.2 Å². The topological polar surface area (TPSA) is 107 Å². The van der Waals surface area contributed by atoms with E-state index in [2.05, 4.69) is 9.88 Å². The van der Waals surface area contributed by atoms with Crippen LogP contribution in [0.25, 0.3) is 0 Å². The van der Waals surface area contributed by atoms with Gasteiger partial charge in [0, 0.05) is 11.8 Å². The van der Waals surface area contributed by atoms with Gasteiger partial charge in [-0.3, -0.25) is 0 Å². The van der Waals surface area contributed by atoms with E-state index in [1.165, 1.54) is 12.1 Å². The molecule has 2 rings (SSSR count). The normalized spacial score (nSPS) is 11.5. The largest absolute Gasteiger partial charge is 0.492 e. The first-order valence-corrected chi connectivity index (χ1v) is 7.85. The Kier molecular flexibility index (Phi) is 4.49. The molecule has 7 nitrogen and oxygen atoms in total. The molecule has 0 amide bonds. The van der Waals surface area contributed by atoms with Crippen LogP contribution in [0.15, 0.2) is 33.7 Å². The van der Waals surface area contributed by atoms with Crippen LogP contribution >= 0.6 is 0 Å². The number of rotatable bonds is 6. The van der Waals surface area contributed by atoms with Crippen LogP contribution in [0.1, 0.15) is 18.4 Å². The molecule has 0 atom stereocenters. The van der Waals surface area contributed by atoms with Crippen LogP contribution in [0, 0.1) is 6.92 Å². The van der Waals surface area contributed by atoms with E-state index in [1.54, 1.807) is 26.0 Å². The Morgan fingerprint density at radius 1 is 1.38 bits per heavy atom. The summed E-state index contributed by atoms with van der Waals surface area (Å²) >= 11 is 0. The maximum absolute atomic E-state index is 12.4. The highest BCUT2D eigenvalue weighted by molar-refractivity contribution is 7.89. The summed E-state index contributed by atoms with van der Waals surface area (Å²) in [5.41, 5.74) is 6.68. The van der Waals surface area contributed by atoms with Crippen molar-refractivity contribution in [1.82, 2.24) is 9.88 Å². The Bertz CT molecular complexity index is 725. The highest BCUT2D eigenvalue weighted by atomic mass is 32.2. The zero-order chi connectivity index (χ0) is 15.5. The zero-order valence-electron chi connectivity index (χ0n) is 11.8. The van der Waals surface area contributed by atoms with Gasteiger partial charge in [0.2, 0.25) is 10.0 Å². The Morgan fingerprint density at radius 3 is 2.76 bits per heavy atom. The molecule has 21 heavy (non-hydrogen) atoms. The van der Waals surface area contributed by atoms with Crippen LogP contribution in [0.3, 0.4) is 0 Å². The van der Waals surface area contributed by atoms with Crippen molar-refractivity contribution in [3.63, 3.8) is 0 Å². The number of nitrogens with zero attached hydrogens (tertiary/aromatic N) is 1. The molecule has 1 aromatic heterocycles. The molecule has 0 aliphatic heterocycles. The number of aromatic nitrogens is 1. The molecule has 0 fully saturated rings. The van der Waals surface area contributed by atoms with Gasteiger partial charge in [0.15, 0.2) is 5.76 Å². The standard InChI is InChI=1S/C13H17N3O4S/c1-3-19-12-5-4-10(14)7-13(12)21(17,18)15-8-11-6-9(2)16-20-11/h4-7,15H,3,8,14H2,1-2H3. The quantitative estimate of drug-likeness (QED) is 0.782. The van der Waals surface area contributed by atoms with E-state index < -0.39 is 10.0 Å². The fraction of sp³-hybridized carbons (Fsp3) is 0.308. The number of anilines is 1. The number of ether oxygens (including phenoxy) is 1. The number of nitrogen functional groups attached to an aromatic ring is 1. The first-order valence-electron chi connectivity index (χ1n) is 6.36. The summed E-state index contributed by atoms with van der Waals surface area (Å²) in [7, 11) is -3.77. The monoisotopic (exact) mass is 311 g/mol. The van der Waals surface area contributed by atoms with Gasteiger partial charge in [-0.15, -0.1) is 0 Å². The second-order valence-corrected chi connectivity index (χ2v) is 6.13. The summed E-state index contributed by atoms with van der Waals surface area (Å²) in [4.78, 5) is 0.000544. The van der Waals surface area contributed by atoms with E-state index in [9.17, 15) is 8.42 Å². The van der Waals surface area contributed by atoms with Gasteiger partial charge in [-0.1, -0.05) is 5.16 Å². The van der Waals surface area contributed by atoms with Gasteiger partial charge in [0.05, 0.1) is 18.8 Å². The van der Waals surface area contributed by atoms with Crippen LogP contribution in [-0.2, 0) is 16.6 Å². The summed E-state index contributed by atoms with van der Waals surface area (Å²) in [6.45, 7) is 3.89. The first kappa shape index (κ1) is 15.3. The Balaban J connectivity index is 2.24. The van der Waals surface area contributed by atoms with E-state index in [0.29, 0.717) is 23.7 Å². The Labute approximate surface area is 123 Å². The van der Waals surface area contributed by atoms with Gasteiger partial charge in [-0.2, -0.15) is 0 Å². The van der Waals surface area contributed by atoms with Crippen molar-refractivity contribution in [3.8, 4) is 5.75 Å². The van der Waals surface area contributed by atoms with Gasteiger partial charge in [-0.25, -0.2) is 13.1 Å². The van der Waals surface area contributed by atoms with Gasteiger partial charge in [0.25, 0.3) is 0 Å². The van der Waals surface area contributed by atoms with E-state index in [0.717, 1.165) is 0 Å². The molecular formula is C13H17N3O4S. The minimum Gasteiger partial charge on any atom is -0.492 e. The lowest BCUT2D eigenvalue weighted by atomic mass is 10.3. The average Bonchev–Trinajstić information content (AvgIpc) is 2.85. The molecule has 114 valence electrons. The van der Waals surface area contributed by atoms with Gasteiger partial charge in [-0.05, 0) is 32.0 Å². The Hall–Kier alpha value is -2.06. The molecule has 0 spiro atoms. The lowest BCUT2D eigenvalue weighted by Gasteiger charge is -2.11. The Morgan fingerprint density at radius 2 is 2.14 bits per heavy atom. The molecule has 0 bridgehead atoms. The van der Waals surface area contributed by atoms with Crippen molar-refractivity contribution >= 4 is 15.7 Å². The van der Waals surface area contributed by atoms with Crippen molar-refractivity contribution in [3.05, 3.63) is 35.7 Å². The molecule has 0 saturated heterocycles. The van der Waals surface area contributed by atoms with E-state index in [1.807, 2.05) is 0 Å². The number of hydrogen-bond acceptors (Lipinski definition) is 6. The number of sulfonamides is 1. The summed E-state index contributed by atoms with van der Waals surface area (Å²) in [5.74, 6) is 0.686. The summed E-state index contributed by atoms with van der Waals surface area (Å²) in [6, 6.07) is 6.14. The van der Waals surface area contributed by atoms with E-state index >= 15 is 0 Å². The van der Waals surface area contributed by atoms with E-state index in [4.69, 9.17) is 15.0 Å². The molecular weight excluding hydrogens is 294 g/mol. The van der Waals surface area contributed by atoms with Crippen molar-refractivity contribution < 1.29 is 17.7 Å². The molecule has 8 heteroatoms. The minimum atomic E-state index is -3.77. The van der Waals surface area contributed by atoms with E-state index in [-0.39, 0.29) is 17.2 Å². The smallest absolute Gasteiger partial charge is 0.244 e. The highest BCUT2D eigenvalue weighted by Crippen LogP contribution is 2.26. The molecule has 0 aliphatic carbocycles. The first-order chi connectivity index (χ1) is 9.92. The molecule has 0 aliphatic rings. The summed E-state index contributed by atoms with van der Waals surface area (Å²) < 4.78 is 37.4. The lowest BCUT2D eigenvalue weighted by molar-refractivity contribution is 0.331. The molecule has 0 unspecified atom stereocenters. The minimum absolute atomic E-state index is 0.000544. The molecule has 0 radical (unpaired) electrons. The number of benzene rings is 1. The number of nitrogens with one attached hydrogen (secondary N) is 1. The van der Waals surface area contributed by atoms with Crippen LogP contribution in [-0.4, -0.2) is 20.2 Å². The van der Waals surface area contributed by atoms with Crippen LogP contribution in [0.4, 0.5) is 5.69 Å². The van der Waals surface area contributed by atoms with Crippen molar-refractivity contribution in [2.45, 2.75) is 25.3 Å². The van der Waals surface area contributed by atoms with Crippen LogP contribution in [0.2, 0.25) is 0 Å². The fourth-order valence-corrected chi connectivity index (χ4v) is 2.92. The van der Waals surface area contributed by atoms with Crippen molar-refractivity contribution in [2.75, 3.05) is 12.3 Å². The van der Waals surface area contributed by atoms with Gasteiger partial charge in [0.1, 0.15) is 10.6 Å². The van der Waals surface area contributed by atoms with Crippen molar-refractivity contribution in [1.29, 1.82) is 0 Å². The van der Waals surface area contributed by atoms with Crippen LogP contribution in [0.5, 0.6) is 5.75 Å². The second kappa shape index (κ2) is 6.15. The molecule has 1 aromatic carbocycles. The molecule has 3 N–H and O–H groups in total. The van der Waals surface area contributed by atoms with Gasteiger partial charge >= 0.3 is 0 Å².